The molecule has 7 nitrogen and oxygen atoms in total. The lowest BCUT2D eigenvalue weighted by molar-refractivity contribution is -0.480. The normalized spacial score (nSPS) is 43.8. The molecule has 0 radical (unpaired) electrons. The average Bonchev–Trinajstić information content (AvgIpc) is 2.51. The van der Waals surface area contributed by atoms with E-state index >= 15 is 0 Å². The Kier molecular flexibility index (Phi) is 2.98. The molecule has 3 aliphatic heterocycles. The zero-order valence-electron chi connectivity index (χ0n) is 10.9. The van der Waals surface area contributed by atoms with Gasteiger partial charge in [-0.2, -0.15) is 0 Å². The first kappa shape index (κ1) is 13.2. The van der Waals surface area contributed by atoms with Gasteiger partial charge in [0.1, 0.15) is 30.5 Å². The number of aliphatic hydroxyl groups excluding tert-OH is 2. The van der Waals surface area contributed by atoms with Crippen molar-refractivity contribution in [3.63, 3.8) is 0 Å². The fourth-order valence-electron chi connectivity index (χ4n) is 3.01. The molecule has 0 spiro atoms. The highest BCUT2D eigenvalue weighted by atomic mass is 16.9. The van der Waals surface area contributed by atoms with Crippen molar-refractivity contribution in [2.45, 2.75) is 43.1 Å². The van der Waals surface area contributed by atoms with Crippen molar-refractivity contribution in [1.82, 2.24) is 0 Å². The van der Waals surface area contributed by atoms with Crippen molar-refractivity contribution < 1.29 is 34.0 Å². The molecular weight excluding hydrogens is 280 g/mol. The fourth-order valence-corrected chi connectivity index (χ4v) is 3.01. The minimum Gasteiger partial charge on any atom is -0.453 e. The van der Waals surface area contributed by atoms with Crippen LogP contribution in [0.15, 0.2) is 30.3 Å². The minimum absolute atomic E-state index is 0.381. The summed E-state index contributed by atoms with van der Waals surface area (Å²) in [4.78, 5) is 12.1. The Labute approximate surface area is 120 Å². The van der Waals surface area contributed by atoms with E-state index in [9.17, 15) is 15.0 Å². The van der Waals surface area contributed by atoms with Gasteiger partial charge in [-0.1, -0.05) is 18.2 Å². The van der Waals surface area contributed by atoms with Crippen molar-refractivity contribution in [1.29, 1.82) is 0 Å². The lowest BCUT2D eigenvalue weighted by atomic mass is 9.82. The van der Waals surface area contributed by atoms with Crippen LogP contribution in [0.3, 0.4) is 0 Å². The molecule has 2 N–H and O–H groups in total. The van der Waals surface area contributed by atoms with Crippen LogP contribution in [0.4, 0.5) is 0 Å². The van der Waals surface area contributed by atoms with Crippen LogP contribution in [0.25, 0.3) is 0 Å². The first-order valence-electron chi connectivity index (χ1n) is 6.74. The maximum Gasteiger partial charge on any atom is 0.338 e. The van der Waals surface area contributed by atoms with Crippen LogP contribution in [-0.2, 0) is 18.9 Å². The van der Waals surface area contributed by atoms with Crippen LogP contribution >= 0.6 is 0 Å². The quantitative estimate of drug-likeness (QED) is 0.704. The van der Waals surface area contributed by atoms with Gasteiger partial charge in [0.05, 0.1) is 5.56 Å². The lowest BCUT2D eigenvalue weighted by Gasteiger charge is -2.56. The van der Waals surface area contributed by atoms with Gasteiger partial charge in [0.15, 0.2) is 6.10 Å². The molecule has 0 amide bonds. The third kappa shape index (κ3) is 1.97. The minimum atomic E-state index is -1.06. The van der Waals surface area contributed by atoms with Gasteiger partial charge in [0, 0.05) is 0 Å². The molecule has 3 saturated heterocycles. The molecule has 1 saturated carbocycles. The molecule has 4 fully saturated rings. The highest BCUT2D eigenvalue weighted by Gasteiger charge is 2.62. The van der Waals surface area contributed by atoms with Crippen LogP contribution < -0.4 is 0 Å². The Morgan fingerprint density at radius 1 is 0.952 bits per heavy atom. The van der Waals surface area contributed by atoms with Crippen LogP contribution in [0.2, 0.25) is 0 Å². The number of benzene rings is 1. The topological polar surface area (TPSA) is 94.5 Å². The summed E-state index contributed by atoms with van der Waals surface area (Å²) in [6, 6.07) is 8.47. The number of aliphatic hydroxyl groups is 2. The number of hydrogen-bond acceptors (Lipinski definition) is 7. The second kappa shape index (κ2) is 4.75. The van der Waals surface area contributed by atoms with Crippen LogP contribution in [0.1, 0.15) is 10.4 Å². The Bertz CT molecular complexity index is 528. The summed E-state index contributed by atoms with van der Waals surface area (Å²) in [6.45, 7) is -0.927. The molecule has 4 bridgehead atoms. The summed E-state index contributed by atoms with van der Waals surface area (Å²) >= 11 is 0. The molecule has 3 heterocycles. The van der Waals surface area contributed by atoms with Gasteiger partial charge in [-0.05, 0) is 12.1 Å². The molecule has 112 valence electrons. The number of carbonyl (C=O) groups excluding carboxylic acids is 1. The summed E-state index contributed by atoms with van der Waals surface area (Å²) in [5, 5.41) is 20.2. The summed E-state index contributed by atoms with van der Waals surface area (Å²) in [5.41, 5.74) is 0.381. The van der Waals surface area contributed by atoms with Crippen molar-refractivity contribution in [3.8, 4) is 0 Å². The monoisotopic (exact) mass is 294 g/mol. The highest BCUT2D eigenvalue weighted by Crippen LogP contribution is 2.41. The number of hydrogen-bond donors (Lipinski definition) is 2. The molecule has 5 rings (SSSR count). The summed E-state index contributed by atoms with van der Waals surface area (Å²) in [6.07, 6.45) is -5.31. The van der Waals surface area contributed by atoms with Gasteiger partial charge >= 0.3 is 5.97 Å². The summed E-state index contributed by atoms with van der Waals surface area (Å²) in [5.74, 6) is -0.555. The van der Waals surface area contributed by atoms with Crippen molar-refractivity contribution in [3.05, 3.63) is 35.9 Å². The van der Waals surface area contributed by atoms with E-state index in [-0.39, 0.29) is 0 Å². The molecule has 1 aromatic rings. The second-order valence-corrected chi connectivity index (χ2v) is 5.31. The first-order valence-corrected chi connectivity index (χ1v) is 6.74. The van der Waals surface area contributed by atoms with Gasteiger partial charge in [0.2, 0.25) is 0 Å². The first-order chi connectivity index (χ1) is 10.1. The predicted octanol–water partition coefficient (Wildman–Crippen LogP) is -0.586. The maximum absolute atomic E-state index is 12.1. The Hall–Kier alpha value is -1.51. The van der Waals surface area contributed by atoms with E-state index in [0.29, 0.717) is 5.56 Å². The molecule has 7 heteroatoms. The summed E-state index contributed by atoms with van der Waals surface area (Å²) < 4.78 is 21.3. The molecule has 0 aromatic heterocycles. The number of rotatable bonds is 2. The SMILES string of the molecule is O=C(OC1[C@H]2OC3OC([C@@H]2O)[C@H](O)[C@H]1O3)c1ccccc1. The third-order valence-corrected chi connectivity index (χ3v) is 4.05. The molecule has 1 aromatic carbocycles. The third-order valence-electron chi connectivity index (χ3n) is 4.05. The lowest BCUT2D eigenvalue weighted by Crippen LogP contribution is -2.75. The van der Waals surface area contributed by atoms with Gasteiger partial charge < -0.3 is 29.2 Å². The molecule has 4 aliphatic rings. The molecule has 1 aliphatic carbocycles. The van der Waals surface area contributed by atoms with E-state index in [0.717, 1.165) is 0 Å². The standard InChI is InChI=1S/C14H14O7/c15-7-9-8(16)11-12(10(7)20-14(19-9)21-11)18-13(17)6-4-2-1-3-5-6/h1-5,7-12,14-16H/t7-,8-,9?,10-,11+,12?,14?/m0/s1. The van der Waals surface area contributed by atoms with E-state index < -0.39 is 49.1 Å². The van der Waals surface area contributed by atoms with Gasteiger partial charge in [-0.25, -0.2) is 4.79 Å². The fraction of sp³-hybridized carbons (Fsp3) is 0.500. The number of ether oxygens (including phenoxy) is 4. The zero-order valence-corrected chi connectivity index (χ0v) is 10.9. The Balaban J connectivity index is 1.56. The Morgan fingerprint density at radius 2 is 1.52 bits per heavy atom. The average molecular weight is 294 g/mol. The van der Waals surface area contributed by atoms with Crippen LogP contribution in [0.5, 0.6) is 0 Å². The molecular formula is C14H14O7. The number of esters is 1. The molecule has 7 atom stereocenters. The van der Waals surface area contributed by atoms with E-state index in [1.165, 1.54) is 0 Å². The van der Waals surface area contributed by atoms with E-state index in [2.05, 4.69) is 0 Å². The summed E-state index contributed by atoms with van der Waals surface area (Å²) in [7, 11) is 0. The van der Waals surface area contributed by atoms with Crippen molar-refractivity contribution in [2.75, 3.05) is 0 Å². The molecule has 3 unspecified atom stereocenters. The second-order valence-electron chi connectivity index (χ2n) is 5.31. The number of carbonyl (C=O) groups is 1. The van der Waals surface area contributed by atoms with E-state index in [1.807, 2.05) is 0 Å². The smallest absolute Gasteiger partial charge is 0.338 e. The van der Waals surface area contributed by atoms with Gasteiger partial charge in [-0.3, -0.25) is 0 Å². The predicted molar refractivity (Wildman–Crippen MR) is 66.1 cm³/mol. The zero-order chi connectivity index (χ0) is 14.6. The van der Waals surface area contributed by atoms with Gasteiger partial charge in [-0.15, -0.1) is 0 Å². The van der Waals surface area contributed by atoms with E-state index in [1.54, 1.807) is 30.3 Å². The Morgan fingerprint density at radius 3 is 2.14 bits per heavy atom. The molecule has 21 heavy (non-hydrogen) atoms. The van der Waals surface area contributed by atoms with Crippen molar-refractivity contribution >= 4 is 5.97 Å². The van der Waals surface area contributed by atoms with E-state index in [4.69, 9.17) is 18.9 Å². The maximum atomic E-state index is 12.1. The van der Waals surface area contributed by atoms with Crippen molar-refractivity contribution in [2.24, 2.45) is 0 Å². The largest absolute Gasteiger partial charge is 0.453 e. The van der Waals surface area contributed by atoms with Crippen LogP contribution in [-0.4, -0.2) is 59.3 Å². The highest BCUT2D eigenvalue weighted by molar-refractivity contribution is 5.89. The van der Waals surface area contributed by atoms with Gasteiger partial charge in [0.25, 0.3) is 6.48 Å². The van der Waals surface area contributed by atoms with Crippen LogP contribution in [0, 0.1) is 0 Å².